The second-order valence-corrected chi connectivity index (χ2v) is 4.47. The maximum absolute atomic E-state index is 11.8. The first-order valence-electron chi connectivity index (χ1n) is 6.89. The summed E-state index contributed by atoms with van der Waals surface area (Å²) in [5, 5.41) is 2.90. The van der Waals surface area contributed by atoms with Crippen LogP contribution < -0.4 is 11.1 Å². The third-order valence-electron chi connectivity index (χ3n) is 2.83. The summed E-state index contributed by atoms with van der Waals surface area (Å²) in [7, 11) is 0. The van der Waals surface area contributed by atoms with Gasteiger partial charge in [-0.1, -0.05) is 31.2 Å². The van der Waals surface area contributed by atoms with Gasteiger partial charge in [-0.2, -0.15) is 0 Å². The molecule has 4 heteroatoms. The molecule has 0 aliphatic carbocycles. The standard InChI is InChI=1S/C15H24N2O2/c1-2-9-19-10-5-8-17-15(18)11-13-6-3-4-7-14(13)12-16/h3-4,6-7H,2,5,8-12,16H2,1H3,(H,17,18). The highest BCUT2D eigenvalue weighted by atomic mass is 16.5. The number of nitrogens with one attached hydrogen (secondary N) is 1. The minimum atomic E-state index is 0.0383. The van der Waals surface area contributed by atoms with E-state index in [9.17, 15) is 4.79 Å². The van der Waals surface area contributed by atoms with Crippen LogP contribution in [-0.4, -0.2) is 25.7 Å². The van der Waals surface area contributed by atoms with Crippen LogP contribution in [0, 0.1) is 0 Å². The molecule has 0 aromatic heterocycles. The van der Waals surface area contributed by atoms with Crippen molar-refractivity contribution < 1.29 is 9.53 Å². The van der Waals surface area contributed by atoms with Gasteiger partial charge < -0.3 is 15.8 Å². The zero-order valence-electron chi connectivity index (χ0n) is 11.7. The number of nitrogens with two attached hydrogens (primary N) is 1. The van der Waals surface area contributed by atoms with E-state index in [1.54, 1.807) is 0 Å². The molecule has 1 aromatic rings. The first kappa shape index (κ1) is 15.7. The Bertz CT molecular complexity index is 380. The van der Waals surface area contributed by atoms with Crippen molar-refractivity contribution in [1.82, 2.24) is 5.32 Å². The molecule has 1 amide bonds. The Morgan fingerprint density at radius 1 is 1.26 bits per heavy atom. The average Bonchev–Trinajstić information content (AvgIpc) is 2.43. The first-order valence-corrected chi connectivity index (χ1v) is 6.89. The molecular formula is C15H24N2O2. The van der Waals surface area contributed by atoms with Crippen molar-refractivity contribution in [3.63, 3.8) is 0 Å². The van der Waals surface area contributed by atoms with Crippen molar-refractivity contribution in [2.75, 3.05) is 19.8 Å². The van der Waals surface area contributed by atoms with E-state index in [0.717, 1.165) is 30.6 Å². The van der Waals surface area contributed by atoms with E-state index in [-0.39, 0.29) is 5.91 Å². The van der Waals surface area contributed by atoms with Gasteiger partial charge in [0.15, 0.2) is 0 Å². The molecule has 0 unspecified atom stereocenters. The first-order chi connectivity index (χ1) is 9.27. The molecule has 0 spiro atoms. The van der Waals surface area contributed by atoms with Gasteiger partial charge in [-0.3, -0.25) is 4.79 Å². The predicted octanol–water partition coefficient (Wildman–Crippen LogP) is 1.62. The van der Waals surface area contributed by atoms with E-state index in [4.69, 9.17) is 10.5 Å². The lowest BCUT2D eigenvalue weighted by Crippen LogP contribution is -2.27. The Labute approximate surface area is 115 Å². The Balaban J connectivity index is 2.23. The quantitative estimate of drug-likeness (QED) is 0.666. The van der Waals surface area contributed by atoms with E-state index < -0.39 is 0 Å². The molecule has 0 heterocycles. The fraction of sp³-hybridized carbons (Fsp3) is 0.533. The molecule has 3 N–H and O–H groups in total. The van der Waals surface area contributed by atoms with Crippen LogP contribution in [0.15, 0.2) is 24.3 Å². The molecule has 0 bridgehead atoms. The molecule has 0 aliphatic rings. The average molecular weight is 264 g/mol. The monoisotopic (exact) mass is 264 g/mol. The SMILES string of the molecule is CCCOCCCNC(=O)Cc1ccccc1CN. The molecule has 106 valence electrons. The number of rotatable bonds is 9. The molecule has 0 saturated carbocycles. The number of amides is 1. The molecule has 19 heavy (non-hydrogen) atoms. The number of ether oxygens (including phenoxy) is 1. The number of benzene rings is 1. The third kappa shape index (κ3) is 6.36. The van der Waals surface area contributed by atoms with Crippen molar-refractivity contribution in [3.8, 4) is 0 Å². The zero-order chi connectivity index (χ0) is 13.9. The molecule has 1 rings (SSSR count). The maximum atomic E-state index is 11.8. The van der Waals surface area contributed by atoms with Crippen LogP contribution in [-0.2, 0) is 22.5 Å². The van der Waals surface area contributed by atoms with Crippen LogP contribution in [0.3, 0.4) is 0 Å². The summed E-state index contributed by atoms with van der Waals surface area (Å²) in [6, 6.07) is 7.78. The Hall–Kier alpha value is -1.39. The largest absolute Gasteiger partial charge is 0.381 e. The Kier molecular flexibility index (Phi) is 7.86. The summed E-state index contributed by atoms with van der Waals surface area (Å²) in [6.45, 7) is 4.70. The maximum Gasteiger partial charge on any atom is 0.224 e. The van der Waals surface area contributed by atoms with Crippen LogP contribution in [0.4, 0.5) is 0 Å². The topological polar surface area (TPSA) is 64.3 Å². The van der Waals surface area contributed by atoms with Gasteiger partial charge in [0, 0.05) is 26.3 Å². The highest BCUT2D eigenvalue weighted by Crippen LogP contribution is 2.08. The lowest BCUT2D eigenvalue weighted by molar-refractivity contribution is -0.120. The summed E-state index contributed by atoms with van der Waals surface area (Å²) in [6.07, 6.45) is 2.27. The predicted molar refractivity (Wildman–Crippen MR) is 76.8 cm³/mol. The summed E-state index contributed by atoms with van der Waals surface area (Å²) >= 11 is 0. The van der Waals surface area contributed by atoms with Gasteiger partial charge in [-0.25, -0.2) is 0 Å². The summed E-state index contributed by atoms with van der Waals surface area (Å²) in [5.74, 6) is 0.0383. The lowest BCUT2D eigenvalue weighted by atomic mass is 10.0. The van der Waals surface area contributed by atoms with Crippen molar-refractivity contribution in [2.45, 2.75) is 32.7 Å². The number of carbonyl (C=O) groups excluding carboxylic acids is 1. The number of hydrogen-bond donors (Lipinski definition) is 2. The molecule has 0 radical (unpaired) electrons. The highest BCUT2D eigenvalue weighted by molar-refractivity contribution is 5.78. The van der Waals surface area contributed by atoms with Crippen LogP contribution in [0.1, 0.15) is 30.9 Å². The molecule has 0 atom stereocenters. The molecule has 1 aromatic carbocycles. The molecule has 0 saturated heterocycles. The zero-order valence-corrected chi connectivity index (χ0v) is 11.7. The fourth-order valence-corrected chi connectivity index (χ4v) is 1.81. The Morgan fingerprint density at radius 2 is 2.00 bits per heavy atom. The van der Waals surface area contributed by atoms with Gasteiger partial charge in [0.2, 0.25) is 5.91 Å². The fourth-order valence-electron chi connectivity index (χ4n) is 1.81. The minimum Gasteiger partial charge on any atom is -0.381 e. The van der Waals surface area contributed by atoms with Gasteiger partial charge in [-0.05, 0) is 24.0 Å². The van der Waals surface area contributed by atoms with Gasteiger partial charge in [0.05, 0.1) is 6.42 Å². The van der Waals surface area contributed by atoms with E-state index in [2.05, 4.69) is 12.2 Å². The van der Waals surface area contributed by atoms with E-state index in [0.29, 0.717) is 26.1 Å². The number of hydrogen-bond acceptors (Lipinski definition) is 3. The number of carbonyl (C=O) groups is 1. The summed E-state index contributed by atoms with van der Waals surface area (Å²) in [4.78, 5) is 11.8. The van der Waals surface area contributed by atoms with Crippen LogP contribution in [0.5, 0.6) is 0 Å². The lowest BCUT2D eigenvalue weighted by Gasteiger charge is -2.08. The van der Waals surface area contributed by atoms with Gasteiger partial charge in [-0.15, -0.1) is 0 Å². The molecular weight excluding hydrogens is 240 g/mol. The van der Waals surface area contributed by atoms with E-state index >= 15 is 0 Å². The van der Waals surface area contributed by atoms with Gasteiger partial charge >= 0.3 is 0 Å². The molecule has 4 nitrogen and oxygen atoms in total. The van der Waals surface area contributed by atoms with Crippen LogP contribution in [0.25, 0.3) is 0 Å². The van der Waals surface area contributed by atoms with Gasteiger partial charge in [0.1, 0.15) is 0 Å². The second kappa shape index (κ2) is 9.53. The summed E-state index contributed by atoms with van der Waals surface area (Å²) in [5.41, 5.74) is 7.68. The summed E-state index contributed by atoms with van der Waals surface area (Å²) < 4.78 is 5.35. The second-order valence-electron chi connectivity index (χ2n) is 4.47. The van der Waals surface area contributed by atoms with Crippen molar-refractivity contribution in [3.05, 3.63) is 35.4 Å². The van der Waals surface area contributed by atoms with Crippen molar-refractivity contribution in [1.29, 1.82) is 0 Å². The normalized spacial score (nSPS) is 10.4. The third-order valence-corrected chi connectivity index (χ3v) is 2.83. The Morgan fingerprint density at radius 3 is 2.68 bits per heavy atom. The highest BCUT2D eigenvalue weighted by Gasteiger charge is 2.06. The minimum absolute atomic E-state index is 0.0383. The van der Waals surface area contributed by atoms with Crippen molar-refractivity contribution >= 4 is 5.91 Å². The van der Waals surface area contributed by atoms with Crippen LogP contribution in [0.2, 0.25) is 0 Å². The molecule has 0 aliphatic heterocycles. The van der Waals surface area contributed by atoms with Crippen LogP contribution >= 0.6 is 0 Å². The molecule has 0 fully saturated rings. The van der Waals surface area contributed by atoms with E-state index in [1.807, 2.05) is 24.3 Å². The van der Waals surface area contributed by atoms with E-state index in [1.165, 1.54) is 0 Å². The van der Waals surface area contributed by atoms with Crippen molar-refractivity contribution in [2.24, 2.45) is 5.73 Å². The smallest absolute Gasteiger partial charge is 0.224 e. The van der Waals surface area contributed by atoms with Gasteiger partial charge in [0.25, 0.3) is 0 Å².